The van der Waals surface area contributed by atoms with Crippen molar-refractivity contribution in [1.82, 2.24) is 4.57 Å². The summed E-state index contributed by atoms with van der Waals surface area (Å²) in [6.07, 6.45) is 2.17. The summed E-state index contributed by atoms with van der Waals surface area (Å²) in [6.45, 7) is 9.13. The van der Waals surface area contributed by atoms with Gasteiger partial charge in [0, 0.05) is 39.4 Å². The lowest BCUT2D eigenvalue weighted by atomic mass is 9.80. The molecule has 0 saturated carbocycles. The van der Waals surface area contributed by atoms with Crippen LogP contribution in [0.3, 0.4) is 0 Å². The zero-order valence-electron chi connectivity index (χ0n) is 24.7. The lowest BCUT2D eigenvalue weighted by molar-refractivity contribution is -0.659. The van der Waals surface area contributed by atoms with Crippen LogP contribution in [-0.4, -0.2) is 4.57 Å². The number of hydrogen-bond acceptors (Lipinski definition) is 1. The van der Waals surface area contributed by atoms with Gasteiger partial charge in [-0.15, -0.1) is 0 Å². The van der Waals surface area contributed by atoms with Gasteiger partial charge < -0.3 is 8.98 Å². The molecule has 0 aliphatic carbocycles. The Balaban J connectivity index is 1.41. The molecule has 0 fully saturated rings. The molecular formula is C39H33N2O+. The summed E-state index contributed by atoms with van der Waals surface area (Å²) in [6, 6.07) is 37.3. The van der Waals surface area contributed by atoms with Crippen molar-refractivity contribution < 1.29 is 8.98 Å². The van der Waals surface area contributed by atoms with Gasteiger partial charge in [0.1, 0.15) is 12.6 Å². The van der Waals surface area contributed by atoms with E-state index in [0.717, 1.165) is 33.3 Å². The summed E-state index contributed by atoms with van der Waals surface area (Å²) in [5, 5.41) is 7.40. The van der Waals surface area contributed by atoms with Gasteiger partial charge >= 0.3 is 0 Å². The topological polar surface area (TPSA) is 21.9 Å². The number of para-hydroxylation sites is 2. The van der Waals surface area contributed by atoms with Crippen molar-refractivity contribution in [3.63, 3.8) is 0 Å². The lowest BCUT2D eigenvalue weighted by Crippen LogP contribution is -2.30. The molecule has 0 aliphatic heterocycles. The van der Waals surface area contributed by atoms with Crippen molar-refractivity contribution >= 4 is 54.5 Å². The van der Waals surface area contributed by atoms with Gasteiger partial charge in [0.15, 0.2) is 6.20 Å². The highest BCUT2D eigenvalue weighted by molar-refractivity contribution is 6.11. The van der Waals surface area contributed by atoms with E-state index in [2.05, 4.69) is 153 Å². The first-order valence-electron chi connectivity index (χ1n) is 14.7. The number of furan rings is 1. The predicted octanol–water partition coefficient (Wildman–Crippen LogP) is 9.93. The van der Waals surface area contributed by atoms with Crippen LogP contribution in [-0.2, 0) is 12.5 Å². The van der Waals surface area contributed by atoms with Crippen LogP contribution >= 0.6 is 0 Å². The van der Waals surface area contributed by atoms with Gasteiger partial charge in [0.2, 0.25) is 5.58 Å². The second-order valence-corrected chi connectivity index (χ2v) is 12.6. The third kappa shape index (κ3) is 3.50. The van der Waals surface area contributed by atoms with Gasteiger partial charge in [-0.3, -0.25) is 0 Å². The third-order valence-corrected chi connectivity index (χ3v) is 8.96. The number of hydrogen-bond donors (Lipinski definition) is 0. The fraction of sp³-hybridized carbons (Fsp3) is 0.154. The van der Waals surface area contributed by atoms with Crippen LogP contribution in [0.25, 0.3) is 71.5 Å². The van der Waals surface area contributed by atoms with Gasteiger partial charge in [-0.25, -0.2) is 0 Å². The van der Waals surface area contributed by atoms with E-state index in [4.69, 9.17) is 4.42 Å². The minimum absolute atomic E-state index is 0.000386. The first-order chi connectivity index (χ1) is 20.3. The summed E-state index contributed by atoms with van der Waals surface area (Å²) >= 11 is 0. The van der Waals surface area contributed by atoms with Gasteiger partial charge in [-0.1, -0.05) is 81.4 Å². The van der Waals surface area contributed by atoms with Crippen molar-refractivity contribution in [3.05, 3.63) is 120 Å². The summed E-state index contributed by atoms with van der Waals surface area (Å²) < 4.78 is 11.4. The fourth-order valence-electron chi connectivity index (χ4n) is 6.91. The van der Waals surface area contributed by atoms with Crippen LogP contribution in [0.4, 0.5) is 0 Å². The zero-order chi connectivity index (χ0) is 28.7. The molecule has 8 rings (SSSR count). The summed E-state index contributed by atoms with van der Waals surface area (Å²) in [4.78, 5) is 0. The van der Waals surface area contributed by atoms with Crippen molar-refractivity contribution in [2.75, 3.05) is 0 Å². The molecule has 0 saturated heterocycles. The fourth-order valence-corrected chi connectivity index (χ4v) is 6.91. The number of aryl methyl sites for hydroxylation is 2. The molecule has 42 heavy (non-hydrogen) atoms. The lowest BCUT2D eigenvalue weighted by Gasteiger charge is -2.23. The Bertz CT molecular complexity index is 2310. The number of pyridine rings is 1. The van der Waals surface area contributed by atoms with Gasteiger partial charge in [0.05, 0.1) is 16.6 Å². The van der Waals surface area contributed by atoms with Gasteiger partial charge in [0.25, 0.3) is 5.69 Å². The minimum atomic E-state index is -0.000386. The van der Waals surface area contributed by atoms with E-state index in [1.165, 1.54) is 49.3 Å². The van der Waals surface area contributed by atoms with Crippen molar-refractivity contribution in [3.8, 4) is 16.9 Å². The maximum Gasteiger partial charge on any atom is 0.256 e. The Hall–Kier alpha value is -4.89. The molecule has 8 aromatic rings. The maximum atomic E-state index is 6.84. The van der Waals surface area contributed by atoms with Gasteiger partial charge in [-0.05, 0) is 64.6 Å². The third-order valence-electron chi connectivity index (χ3n) is 8.96. The monoisotopic (exact) mass is 545 g/mol. The average molecular weight is 546 g/mol. The van der Waals surface area contributed by atoms with Crippen molar-refractivity contribution in [2.24, 2.45) is 7.05 Å². The average Bonchev–Trinajstić information content (AvgIpc) is 3.52. The Labute approximate surface area is 245 Å². The molecule has 0 unspecified atom stereocenters. The minimum Gasteiger partial charge on any atom is -0.449 e. The Kier molecular flexibility index (Phi) is 5.21. The SMILES string of the molecule is Cc1c(-c2c3oc4cc(-n5c6ccccc6c6ccccc65)ccc4c3cc[n+]2C)cc(C(C)(C)C)c2ccccc12. The molecule has 0 N–H and O–H groups in total. The molecule has 0 atom stereocenters. The molecule has 0 amide bonds. The van der Waals surface area contributed by atoms with E-state index < -0.39 is 0 Å². The molecule has 0 aliphatic rings. The Morgan fingerprint density at radius 3 is 1.93 bits per heavy atom. The van der Waals surface area contributed by atoms with Gasteiger partial charge in [-0.2, -0.15) is 4.57 Å². The number of fused-ring (bicyclic) bond motifs is 7. The van der Waals surface area contributed by atoms with Crippen LogP contribution in [0.2, 0.25) is 0 Å². The molecule has 5 aromatic carbocycles. The van der Waals surface area contributed by atoms with E-state index in [1.807, 2.05) is 0 Å². The van der Waals surface area contributed by atoms with Crippen LogP contribution in [0, 0.1) is 6.92 Å². The number of rotatable bonds is 2. The highest BCUT2D eigenvalue weighted by Gasteiger charge is 2.27. The molecule has 3 heterocycles. The molecular weight excluding hydrogens is 512 g/mol. The van der Waals surface area contributed by atoms with Crippen molar-refractivity contribution in [1.29, 1.82) is 0 Å². The predicted molar refractivity (Wildman–Crippen MR) is 176 cm³/mol. The molecule has 3 nitrogen and oxygen atoms in total. The number of aromatic nitrogens is 2. The normalized spacial score (nSPS) is 12.4. The quantitative estimate of drug-likeness (QED) is 0.198. The standard InChI is InChI=1S/C39H33N2O/c1-24-26-12-6-7-13-27(26)33(39(2,3)4)23-32(24)37-38-31(20-21-40(37)5)30-19-18-25(22-36(30)42-38)41-34-16-10-8-14-28(34)29-15-9-11-17-35(29)41/h6-23H,1-5H3/q+1. The van der Waals surface area contributed by atoms with E-state index in [1.54, 1.807) is 0 Å². The second-order valence-electron chi connectivity index (χ2n) is 12.6. The van der Waals surface area contributed by atoms with Crippen LogP contribution in [0.15, 0.2) is 114 Å². The first kappa shape index (κ1) is 24.9. The Morgan fingerprint density at radius 2 is 1.26 bits per heavy atom. The summed E-state index contributed by atoms with van der Waals surface area (Å²) in [5.41, 5.74) is 10.3. The molecule has 3 heteroatoms. The molecule has 0 bridgehead atoms. The van der Waals surface area contributed by atoms with Crippen LogP contribution in [0.1, 0.15) is 31.9 Å². The highest BCUT2D eigenvalue weighted by atomic mass is 16.3. The van der Waals surface area contributed by atoms with E-state index in [0.29, 0.717) is 0 Å². The van der Waals surface area contributed by atoms with Crippen molar-refractivity contribution in [2.45, 2.75) is 33.1 Å². The highest BCUT2D eigenvalue weighted by Crippen LogP contribution is 2.41. The van der Waals surface area contributed by atoms with E-state index >= 15 is 0 Å². The van der Waals surface area contributed by atoms with E-state index in [9.17, 15) is 0 Å². The first-order valence-corrected chi connectivity index (χ1v) is 14.7. The maximum absolute atomic E-state index is 6.84. The Morgan fingerprint density at radius 1 is 0.643 bits per heavy atom. The zero-order valence-corrected chi connectivity index (χ0v) is 24.7. The second kappa shape index (κ2) is 8.80. The summed E-state index contributed by atoms with van der Waals surface area (Å²) in [5.74, 6) is 0. The molecule has 0 radical (unpaired) electrons. The van der Waals surface area contributed by atoms with E-state index in [-0.39, 0.29) is 5.41 Å². The van der Waals surface area contributed by atoms with Crippen LogP contribution in [0.5, 0.6) is 0 Å². The molecule has 3 aromatic heterocycles. The number of benzene rings is 5. The number of nitrogens with zero attached hydrogens (tertiary/aromatic N) is 2. The summed E-state index contributed by atoms with van der Waals surface area (Å²) in [7, 11) is 2.12. The largest absolute Gasteiger partial charge is 0.449 e. The molecule has 204 valence electrons. The van der Waals surface area contributed by atoms with Crippen LogP contribution < -0.4 is 4.57 Å². The molecule has 0 spiro atoms. The smallest absolute Gasteiger partial charge is 0.256 e.